The van der Waals surface area contributed by atoms with Gasteiger partial charge in [-0.1, -0.05) is 12.1 Å². The number of hydrogen-bond donors (Lipinski definition) is 2. The lowest BCUT2D eigenvalue weighted by Crippen LogP contribution is -2.24. The minimum absolute atomic E-state index is 0.207. The van der Waals surface area contributed by atoms with Crippen LogP contribution in [0.3, 0.4) is 0 Å². The first-order valence-corrected chi connectivity index (χ1v) is 9.25. The molecule has 0 saturated carbocycles. The zero-order valence-electron chi connectivity index (χ0n) is 13.6. The third kappa shape index (κ3) is 5.68. The molecule has 2 rings (SSSR count). The topological polar surface area (TPSA) is 84.5 Å². The summed E-state index contributed by atoms with van der Waals surface area (Å²) < 4.78 is 29.5. The summed E-state index contributed by atoms with van der Waals surface area (Å²) in [6.07, 6.45) is 1.69. The number of anilines is 1. The lowest BCUT2D eigenvalue weighted by molar-refractivity contribution is 0.102. The van der Waals surface area contributed by atoms with E-state index in [0.29, 0.717) is 24.2 Å². The number of nitrogens with one attached hydrogen (secondary N) is 2. The van der Waals surface area contributed by atoms with Gasteiger partial charge in [0.2, 0.25) is 10.0 Å². The van der Waals surface area contributed by atoms with Crippen molar-refractivity contribution in [3.63, 3.8) is 0 Å². The smallest absolute Gasteiger partial charge is 0.255 e. The monoisotopic (exact) mass is 348 g/mol. The lowest BCUT2D eigenvalue weighted by Gasteiger charge is -2.07. The molecule has 6 nitrogen and oxygen atoms in total. The molecule has 2 N–H and O–H groups in total. The summed E-state index contributed by atoms with van der Waals surface area (Å²) in [5.74, 6) is 0.515. The summed E-state index contributed by atoms with van der Waals surface area (Å²) in [7, 11) is -1.59. The van der Waals surface area contributed by atoms with Gasteiger partial charge in [0.1, 0.15) is 5.75 Å². The number of sulfonamides is 1. The molecule has 0 atom stereocenters. The van der Waals surface area contributed by atoms with Gasteiger partial charge in [-0.05, 0) is 48.4 Å². The van der Waals surface area contributed by atoms with E-state index < -0.39 is 10.0 Å². The molecular formula is C17H20N2O4S. The van der Waals surface area contributed by atoms with E-state index in [1.165, 1.54) is 0 Å². The van der Waals surface area contributed by atoms with Gasteiger partial charge in [-0.15, -0.1) is 0 Å². The fraction of sp³-hybridized carbons (Fsp3) is 0.235. The second-order valence-corrected chi connectivity index (χ2v) is 7.13. The molecular weight excluding hydrogens is 328 g/mol. The van der Waals surface area contributed by atoms with Crippen LogP contribution in [0.2, 0.25) is 0 Å². The van der Waals surface area contributed by atoms with Gasteiger partial charge in [0.05, 0.1) is 13.4 Å². The van der Waals surface area contributed by atoms with Crippen LogP contribution < -0.4 is 14.8 Å². The number of carbonyl (C=O) groups excluding carboxylic acids is 1. The zero-order valence-corrected chi connectivity index (χ0v) is 14.4. The van der Waals surface area contributed by atoms with E-state index in [0.717, 1.165) is 17.6 Å². The van der Waals surface area contributed by atoms with Crippen molar-refractivity contribution >= 4 is 21.6 Å². The molecule has 0 bridgehead atoms. The fourth-order valence-corrected chi connectivity index (χ4v) is 2.55. The van der Waals surface area contributed by atoms with Gasteiger partial charge in [0.15, 0.2) is 0 Å². The van der Waals surface area contributed by atoms with E-state index in [1.807, 2.05) is 12.1 Å². The Labute approximate surface area is 141 Å². The molecule has 0 radical (unpaired) electrons. The number of ether oxygens (including phenoxy) is 1. The first-order valence-electron chi connectivity index (χ1n) is 7.36. The standard InChI is InChI=1S/C17H20N2O4S/c1-23-16-9-7-15(8-10-16)19-17(20)14-5-3-13(4-6-14)11-12-18-24(2,21)22/h3-10,18H,11-12H2,1-2H3,(H,19,20). The number of rotatable bonds is 7. The van der Waals surface area contributed by atoms with Crippen molar-refractivity contribution in [3.8, 4) is 5.75 Å². The van der Waals surface area contributed by atoms with Crippen LogP contribution in [0.15, 0.2) is 48.5 Å². The largest absolute Gasteiger partial charge is 0.497 e. The molecule has 0 fully saturated rings. The molecule has 7 heteroatoms. The van der Waals surface area contributed by atoms with Crippen LogP contribution in [-0.2, 0) is 16.4 Å². The second-order valence-electron chi connectivity index (χ2n) is 5.30. The minimum atomic E-state index is -3.18. The Balaban J connectivity index is 1.92. The molecule has 0 aliphatic heterocycles. The Hall–Kier alpha value is -2.38. The molecule has 0 aliphatic rings. The highest BCUT2D eigenvalue weighted by molar-refractivity contribution is 7.88. The number of methoxy groups -OCH3 is 1. The molecule has 0 aromatic heterocycles. The zero-order chi connectivity index (χ0) is 17.6. The van der Waals surface area contributed by atoms with E-state index in [1.54, 1.807) is 43.5 Å². The average Bonchev–Trinajstić information content (AvgIpc) is 2.55. The molecule has 0 aliphatic carbocycles. The van der Waals surface area contributed by atoms with Crippen LogP contribution in [0, 0.1) is 0 Å². The summed E-state index contributed by atoms with van der Waals surface area (Å²) in [4.78, 5) is 12.2. The van der Waals surface area contributed by atoms with Crippen molar-refractivity contribution < 1.29 is 17.9 Å². The van der Waals surface area contributed by atoms with Gasteiger partial charge in [-0.3, -0.25) is 4.79 Å². The average molecular weight is 348 g/mol. The van der Waals surface area contributed by atoms with E-state index in [4.69, 9.17) is 4.74 Å². The molecule has 128 valence electrons. The van der Waals surface area contributed by atoms with Crippen molar-refractivity contribution in [1.29, 1.82) is 0 Å². The number of carbonyl (C=O) groups is 1. The maximum Gasteiger partial charge on any atom is 0.255 e. The third-order valence-corrected chi connectivity index (χ3v) is 4.07. The van der Waals surface area contributed by atoms with Gasteiger partial charge < -0.3 is 10.1 Å². The van der Waals surface area contributed by atoms with E-state index in [-0.39, 0.29) is 5.91 Å². The Bertz CT molecular complexity index is 784. The van der Waals surface area contributed by atoms with Crippen molar-refractivity contribution in [2.24, 2.45) is 0 Å². The Morgan fingerprint density at radius 3 is 2.21 bits per heavy atom. The van der Waals surface area contributed by atoms with Crippen molar-refractivity contribution in [2.45, 2.75) is 6.42 Å². The third-order valence-electron chi connectivity index (χ3n) is 3.34. The van der Waals surface area contributed by atoms with Gasteiger partial charge >= 0.3 is 0 Å². The number of amides is 1. The summed E-state index contributed by atoms with van der Waals surface area (Å²) in [6, 6.07) is 14.1. The van der Waals surface area contributed by atoms with Crippen LogP contribution in [0.4, 0.5) is 5.69 Å². The van der Waals surface area contributed by atoms with Crippen LogP contribution in [0.5, 0.6) is 5.75 Å². The molecule has 0 saturated heterocycles. The predicted molar refractivity (Wildman–Crippen MR) is 93.9 cm³/mol. The van der Waals surface area contributed by atoms with Gasteiger partial charge in [0, 0.05) is 17.8 Å². The minimum Gasteiger partial charge on any atom is -0.497 e. The van der Waals surface area contributed by atoms with E-state index in [2.05, 4.69) is 10.0 Å². The highest BCUT2D eigenvalue weighted by Crippen LogP contribution is 2.16. The Morgan fingerprint density at radius 1 is 1.04 bits per heavy atom. The summed E-state index contributed by atoms with van der Waals surface area (Å²) in [6.45, 7) is 0.330. The summed E-state index contributed by atoms with van der Waals surface area (Å²) in [5, 5.41) is 2.81. The number of hydrogen-bond acceptors (Lipinski definition) is 4. The van der Waals surface area contributed by atoms with Crippen LogP contribution >= 0.6 is 0 Å². The highest BCUT2D eigenvalue weighted by Gasteiger charge is 2.07. The molecule has 2 aromatic carbocycles. The SMILES string of the molecule is COc1ccc(NC(=O)c2ccc(CCNS(C)(=O)=O)cc2)cc1. The van der Waals surface area contributed by atoms with Crippen molar-refractivity contribution in [2.75, 3.05) is 25.2 Å². The fourth-order valence-electron chi connectivity index (χ4n) is 2.08. The molecule has 2 aromatic rings. The van der Waals surface area contributed by atoms with Crippen molar-refractivity contribution in [1.82, 2.24) is 4.72 Å². The maximum atomic E-state index is 12.2. The molecule has 0 heterocycles. The van der Waals surface area contributed by atoms with E-state index >= 15 is 0 Å². The molecule has 24 heavy (non-hydrogen) atoms. The van der Waals surface area contributed by atoms with Crippen LogP contribution in [-0.4, -0.2) is 34.2 Å². The van der Waals surface area contributed by atoms with Crippen molar-refractivity contribution in [3.05, 3.63) is 59.7 Å². The van der Waals surface area contributed by atoms with Crippen LogP contribution in [0.1, 0.15) is 15.9 Å². The summed E-state index contributed by atoms with van der Waals surface area (Å²) in [5.41, 5.74) is 2.17. The Kier molecular flexibility index (Phi) is 5.94. The predicted octanol–water partition coefficient (Wildman–Crippen LogP) is 2.04. The maximum absolute atomic E-state index is 12.2. The number of benzene rings is 2. The molecule has 0 spiro atoms. The molecule has 0 unspecified atom stereocenters. The highest BCUT2D eigenvalue weighted by atomic mass is 32.2. The normalized spacial score (nSPS) is 11.1. The Morgan fingerprint density at radius 2 is 1.67 bits per heavy atom. The second kappa shape index (κ2) is 7.94. The van der Waals surface area contributed by atoms with E-state index in [9.17, 15) is 13.2 Å². The first kappa shape index (κ1) is 18.0. The van der Waals surface area contributed by atoms with Gasteiger partial charge in [-0.2, -0.15) is 0 Å². The quantitative estimate of drug-likeness (QED) is 0.802. The van der Waals surface area contributed by atoms with Gasteiger partial charge in [-0.25, -0.2) is 13.1 Å². The van der Waals surface area contributed by atoms with Crippen LogP contribution in [0.25, 0.3) is 0 Å². The van der Waals surface area contributed by atoms with Gasteiger partial charge in [0.25, 0.3) is 5.91 Å². The first-order chi connectivity index (χ1) is 11.4. The molecule has 1 amide bonds. The summed E-state index contributed by atoms with van der Waals surface area (Å²) >= 11 is 0. The lowest BCUT2D eigenvalue weighted by atomic mass is 10.1.